The van der Waals surface area contributed by atoms with Gasteiger partial charge in [-0.3, -0.25) is 4.79 Å². The molecule has 0 radical (unpaired) electrons. The van der Waals surface area contributed by atoms with E-state index in [-0.39, 0.29) is 18.0 Å². The molecule has 0 aliphatic rings. The number of carbonyl (C=O) groups excluding carboxylic acids is 1. The first-order valence-electron chi connectivity index (χ1n) is 5.51. The Morgan fingerprint density at radius 3 is 2.61 bits per heavy atom. The number of benzene rings is 1. The third-order valence-electron chi connectivity index (χ3n) is 2.71. The largest absolute Gasteiger partial charge is 0.466 e. The van der Waals surface area contributed by atoms with Gasteiger partial charge in [-0.25, -0.2) is 4.39 Å². The quantitative estimate of drug-likeness (QED) is 0.794. The number of furan rings is 1. The Labute approximate surface area is 113 Å². The van der Waals surface area contributed by atoms with Crippen molar-refractivity contribution in [1.29, 1.82) is 0 Å². The molecule has 0 fully saturated rings. The molecule has 4 heteroatoms. The van der Waals surface area contributed by atoms with E-state index in [1.807, 2.05) is 0 Å². The Hall–Kier alpha value is -1.42. The molecule has 1 heterocycles. The SMILES string of the molecule is Cc1cc(C(=O)Cc2ccc(Br)cc2F)c(C)o1. The molecule has 2 aromatic rings. The first-order valence-corrected chi connectivity index (χ1v) is 6.31. The van der Waals surface area contributed by atoms with Crippen molar-refractivity contribution >= 4 is 21.7 Å². The molecule has 0 bridgehead atoms. The van der Waals surface area contributed by atoms with Crippen LogP contribution >= 0.6 is 15.9 Å². The second-order valence-corrected chi connectivity index (χ2v) is 5.08. The molecular weight excluding hydrogens is 299 g/mol. The number of ketones is 1. The van der Waals surface area contributed by atoms with E-state index in [0.29, 0.717) is 27.1 Å². The van der Waals surface area contributed by atoms with Crippen LogP contribution in [0, 0.1) is 19.7 Å². The van der Waals surface area contributed by atoms with E-state index >= 15 is 0 Å². The van der Waals surface area contributed by atoms with Crippen LogP contribution < -0.4 is 0 Å². The highest BCUT2D eigenvalue weighted by molar-refractivity contribution is 9.10. The molecule has 0 saturated heterocycles. The van der Waals surface area contributed by atoms with E-state index in [2.05, 4.69) is 15.9 Å². The summed E-state index contributed by atoms with van der Waals surface area (Å²) in [5.74, 6) is 0.753. The lowest BCUT2D eigenvalue weighted by Crippen LogP contribution is -2.05. The van der Waals surface area contributed by atoms with Gasteiger partial charge in [-0.1, -0.05) is 22.0 Å². The molecule has 1 aromatic carbocycles. The van der Waals surface area contributed by atoms with Crippen molar-refractivity contribution < 1.29 is 13.6 Å². The van der Waals surface area contributed by atoms with Gasteiger partial charge in [-0.05, 0) is 37.6 Å². The van der Waals surface area contributed by atoms with Crippen molar-refractivity contribution in [3.63, 3.8) is 0 Å². The van der Waals surface area contributed by atoms with Gasteiger partial charge in [0.25, 0.3) is 0 Å². The second kappa shape index (κ2) is 5.06. The maximum Gasteiger partial charge on any atom is 0.170 e. The number of carbonyl (C=O) groups is 1. The monoisotopic (exact) mass is 310 g/mol. The fraction of sp³-hybridized carbons (Fsp3) is 0.214. The summed E-state index contributed by atoms with van der Waals surface area (Å²) >= 11 is 3.18. The maximum atomic E-state index is 13.6. The van der Waals surface area contributed by atoms with Crippen LogP contribution in [0.15, 0.2) is 33.2 Å². The summed E-state index contributed by atoms with van der Waals surface area (Å²) in [5, 5.41) is 0. The normalized spacial score (nSPS) is 10.7. The highest BCUT2D eigenvalue weighted by atomic mass is 79.9. The molecule has 2 rings (SSSR count). The second-order valence-electron chi connectivity index (χ2n) is 4.16. The Morgan fingerprint density at radius 1 is 1.33 bits per heavy atom. The van der Waals surface area contributed by atoms with Crippen molar-refractivity contribution in [2.45, 2.75) is 20.3 Å². The lowest BCUT2D eigenvalue weighted by Gasteiger charge is -2.02. The first kappa shape index (κ1) is 13.0. The number of halogens is 2. The lowest BCUT2D eigenvalue weighted by molar-refractivity contribution is 0.0990. The first-order chi connectivity index (χ1) is 8.47. The minimum Gasteiger partial charge on any atom is -0.466 e. The Kier molecular flexibility index (Phi) is 3.66. The molecule has 0 N–H and O–H groups in total. The zero-order valence-corrected chi connectivity index (χ0v) is 11.7. The molecule has 18 heavy (non-hydrogen) atoms. The third kappa shape index (κ3) is 2.70. The zero-order valence-electron chi connectivity index (χ0n) is 10.1. The Balaban J connectivity index is 2.24. The van der Waals surface area contributed by atoms with Crippen LogP contribution in [0.3, 0.4) is 0 Å². The van der Waals surface area contributed by atoms with Gasteiger partial charge in [0, 0.05) is 10.9 Å². The molecule has 0 unspecified atom stereocenters. The molecule has 1 aromatic heterocycles. The number of hydrogen-bond acceptors (Lipinski definition) is 2. The van der Waals surface area contributed by atoms with Gasteiger partial charge in [0.05, 0.1) is 5.56 Å². The zero-order chi connectivity index (χ0) is 13.3. The van der Waals surface area contributed by atoms with E-state index in [0.717, 1.165) is 0 Å². The van der Waals surface area contributed by atoms with Gasteiger partial charge in [-0.2, -0.15) is 0 Å². The maximum absolute atomic E-state index is 13.6. The molecule has 0 spiro atoms. The molecule has 2 nitrogen and oxygen atoms in total. The van der Waals surface area contributed by atoms with Crippen molar-refractivity contribution in [3.05, 3.63) is 57.2 Å². The van der Waals surface area contributed by atoms with E-state index in [9.17, 15) is 9.18 Å². The van der Waals surface area contributed by atoms with Gasteiger partial charge >= 0.3 is 0 Å². The van der Waals surface area contributed by atoms with E-state index in [4.69, 9.17) is 4.42 Å². The molecular formula is C14H12BrFO2. The molecule has 0 aliphatic heterocycles. The molecule has 0 atom stereocenters. The molecule has 0 amide bonds. The van der Waals surface area contributed by atoms with Gasteiger partial charge < -0.3 is 4.42 Å². The average Bonchev–Trinajstić information content (AvgIpc) is 2.62. The number of Topliss-reactive ketones (excluding diaryl/α,β-unsaturated/α-hetero) is 1. The van der Waals surface area contributed by atoms with E-state index in [1.165, 1.54) is 6.07 Å². The van der Waals surface area contributed by atoms with Crippen LogP contribution in [-0.4, -0.2) is 5.78 Å². The fourth-order valence-corrected chi connectivity index (χ4v) is 2.17. The summed E-state index contributed by atoms with van der Waals surface area (Å²) in [6.07, 6.45) is 0.0406. The van der Waals surface area contributed by atoms with E-state index in [1.54, 1.807) is 32.0 Å². The summed E-state index contributed by atoms with van der Waals surface area (Å²) < 4.78 is 19.6. The predicted molar refractivity (Wildman–Crippen MR) is 70.3 cm³/mol. The summed E-state index contributed by atoms with van der Waals surface area (Å²) in [7, 11) is 0. The van der Waals surface area contributed by atoms with Gasteiger partial charge in [0.1, 0.15) is 17.3 Å². The van der Waals surface area contributed by atoms with E-state index < -0.39 is 0 Å². The molecule has 94 valence electrons. The lowest BCUT2D eigenvalue weighted by atomic mass is 10.0. The smallest absolute Gasteiger partial charge is 0.170 e. The molecule has 0 saturated carbocycles. The van der Waals surface area contributed by atoms with Crippen LogP contribution in [0.1, 0.15) is 27.4 Å². The summed E-state index contributed by atoms with van der Waals surface area (Å²) in [6, 6.07) is 6.38. The van der Waals surface area contributed by atoms with Crippen molar-refractivity contribution in [3.8, 4) is 0 Å². The van der Waals surface area contributed by atoms with Crippen LogP contribution in [0.2, 0.25) is 0 Å². The van der Waals surface area contributed by atoms with Gasteiger partial charge in [0.15, 0.2) is 5.78 Å². The van der Waals surface area contributed by atoms with Crippen LogP contribution in [0.25, 0.3) is 0 Å². The van der Waals surface area contributed by atoms with Crippen LogP contribution in [0.4, 0.5) is 4.39 Å². The summed E-state index contributed by atoms with van der Waals surface area (Å²) in [4.78, 5) is 12.0. The number of hydrogen-bond donors (Lipinski definition) is 0. The topological polar surface area (TPSA) is 30.2 Å². The van der Waals surface area contributed by atoms with Crippen LogP contribution in [-0.2, 0) is 6.42 Å². The highest BCUT2D eigenvalue weighted by Gasteiger charge is 2.15. The number of rotatable bonds is 3. The van der Waals surface area contributed by atoms with Gasteiger partial charge in [0.2, 0.25) is 0 Å². The van der Waals surface area contributed by atoms with Crippen LogP contribution in [0.5, 0.6) is 0 Å². The van der Waals surface area contributed by atoms with Crippen molar-refractivity contribution in [2.24, 2.45) is 0 Å². The average molecular weight is 311 g/mol. The summed E-state index contributed by atoms with van der Waals surface area (Å²) in [5.41, 5.74) is 0.913. The summed E-state index contributed by atoms with van der Waals surface area (Å²) in [6.45, 7) is 3.52. The fourth-order valence-electron chi connectivity index (χ4n) is 1.84. The molecule has 0 aliphatic carbocycles. The standard InChI is InChI=1S/C14H12BrFO2/c1-8-5-12(9(2)18-8)14(17)6-10-3-4-11(15)7-13(10)16/h3-5,7H,6H2,1-2H3. The van der Waals surface area contributed by atoms with Gasteiger partial charge in [-0.15, -0.1) is 0 Å². The Bertz CT molecular complexity index is 602. The minimum atomic E-state index is -0.379. The number of aryl methyl sites for hydroxylation is 2. The highest BCUT2D eigenvalue weighted by Crippen LogP contribution is 2.19. The minimum absolute atomic E-state index is 0.0406. The predicted octanol–water partition coefficient (Wildman–Crippen LogP) is 4.22. The van der Waals surface area contributed by atoms with Crippen molar-refractivity contribution in [1.82, 2.24) is 0 Å². The third-order valence-corrected chi connectivity index (χ3v) is 3.20. The Morgan fingerprint density at radius 2 is 2.06 bits per heavy atom. The van der Waals surface area contributed by atoms with Crippen molar-refractivity contribution in [2.75, 3.05) is 0 Å².